The van der Waals surface area contributed by atoms with Crippen LogP contribution in [0.5, 0.6) is 0 Å². The maximum absolute atomic E-state index is 11.4. The van der Waals surface area contributed by atoms with Gasteiger partial charge >= 0.3 is 0 Å². The van der Waals surface area contributed by atoms with Crippen LogP contribution >= 0.6 is 0 Å². The lowest BCUT2D eigenvalue weighted by atomic mass is 10.2. The van der Waals surface area contributed by atoms with Gasteiger partial charge in [0.1, 0.15) is 0 Å². The fourth-order valence-corrected chi connectivity index (χ4v) is 1.60. The van der Waals surface area contributed by atoms with Crippen molar-refractivity contribution in [3.63, 3.8) is 0 Å². The van der Waals surface area contributed by atoms with Gasteiger partial charge in [-0.05, 0) is 6.42 Å². The van der Waals surface area contributed by atoms with Crippen molar-refractivity contribution in [3.8, 4) is 0 Å². The van der Waals surface area contributed by atoms with E-state index in [2.05, 4.69) is 31.4 Å². The molecule has 5 nitrogen and oxygen atoms in total. The third kappa shape index (κ3) is 15.4. The summed E-state index contributed by atoms with van der Waals surface area (Å²) in [4.78, 5) is 11.4. The van der Waals surface area contributed by atoms with Crippen molar-refractivity contribution < 1.29 is 14.3 Å². The summed E-state index contributed by atoms with van der Waals surface area (Å²) >= 11 is 0. The second-order valence-corrected chi connectivity index (χ2v) is 5.14. The number of carbonyl (C=O) groups excluding carboxylic acids is 1. The quantitative estimate of drug-likeness (QED) is 0.478. The van der Waals surface area contributed by atoms with Gasteiger partial charge in [-0.2, -0.15) is 0 Å². The van der Waals surface area contributed by atoms with Gasteiger partial charge in [0.05, 0.1) is 26.4 Å². The van der Waals surface area contributed by atoms with Crippen molar-refractivity contribution in [3.05, 3.63) is 0 Å². The summed E-state index contributed by atoms with van der Waals surface area (Å²) in [5, 5.41) is 6.16. The molecule has 0 aromatic rings. The van der Waals surface area contributed by atoms with Crippen LogP contribution in [0.15, 0.2) is 0 Å². The molecule has 0 rings (SSSR count). The average Bonchev–Trinajstić information content (AvgIpc) is 2.41. The van der Waals surface area contributed by atoms with Crippen LogP contribution in [0, 0.1) is 0 Å². The van der Waals surface area contributed by atoms with E-state index in [0.717, 1.165) is 19.5 Å². The number of rotatable bonds is 14. The summed E-state index contributed by atoms with van der Waals surface area (Å²) in [6.07, 6.45) is 3.83. The van der Waals surface area contributed by atoms with Crippen molar-refractivity contribution in [1.29, 1.82) is 0 Å². The monoisotopic (exact) mass is 288 g/mol. The topological polar surface area (TPSA) is 59.6 Å². The molecule has 0 bridgehead atoms. The largest absolute Gasteiger partial charge is 0.379 e. The molecule has 0 saturated heterocycles. The SMILES string of the molecule is CCCCCNC(=O)CCOCCOCCNC(C)C. The Hall–Kier alpha value is -0.650. The van der Waals surface area contributed by atoms with Crippen LogP contribution in [0.3, 0.4) is 0 Å². The smallest absolute Gasteiger partial charge is 0.222 e. The van der Waals surface area contributed by atoms with E-state index >= 15 is 0 Å². The van der Waals surface area contributed by atoms with Crippen LogP contribution < -0.4 is 10.6 Å². The Labute approximate surface area is 123 Å². The van der Waals surface area contributed by atoms with Crippen molar-refractivity contribution in [1.82, 2.24) is 10.6 Å². The predicted octanol–water partition coefficient (Wildman–Crippen LogP) is 1.71. The van der Waals surface area contributed by atoms with Crippen LogP contribution in [0.4, 0.5) is 0 Å². The normalized spacial score (nSPS) is 11.0. The van der Waals surface area contributed by atoms with E-state index in [4.69, 9.17) is 9.47 Å². The first-order valence-electron chi connectivity index (χ1n) is 7.82. The number of nitrogens with one attached hydrogen (secondary N) is 2. The van der Waals surface area contributed by atoms with Gasteiger partial charge in [-0.25, -0.2) is 0 Å². The Morgan fingerprint density at radius 3 is 2.35 bits per heavy atom. The molecule has 0 aliphatic rings. The van der Waals surface area contributed by atoms with E-state index < -0.39 is 0 Å². The Morgan fingerprint density at radius 1 is 1.00 bits per heavy atom. The third-order valence-electron chi connectivity index (χ3n) is 2.75. The summed E-state index contributed by atoms with van der Waals surface area (Å²) in [6, 6.07) is 0.491. The Balaban J connectivity index is 3.13. The lowest BCUT2D eigenvalue weighted by molar-refractivity contribution is -0.122. The Bertz CT molecular complexity index is 223. The summed E-state index contributed by atoms with van der Waals surface area (Å²) in [5.41, 5.74) is 0. The van der Waals surface area contributed by atoms with Crippen LogP contribution in [0.25, 0.3) is 0 Å². The van der Waals surface area contributed by atoms with Crippen molar-refractivity contribution in [2.75, 3.05) is 39.5 Å². The zero-order valence-electron chi connectivity index (χ0n) is 13.4. The molecule has 0 saturated carbocycles. The molecule has 0 aliphatic carbocycles. The number of amides is 1. The molecule has 0 unspecified atom stereocenters. The van der Waals surface area contributed by atoms with Crippen molar-refractivity contribution in [2.24, 2.45) is 0 Å². The second-order valence-electron chi connectivity index (χ2n) is 5.14. The molecular formula is C15H32N2O3. The third-order valence-corrected chi connectivity index (χ3v) is 2.75. The minimum Gasteiger partial charge on any atom is -0.379 e. The summed E-state index contributed by atoms with van der Waals surface area (Å²) in [7, 11) is 0. The zero-order valence-corrected chi connectivity index (χ0v) is 13.4. The highest BCUT2D eigenvalue weighted by Crippen LogP contribution is 1.92. The summed E-state index contributed by atoms with van der Waals surface area (Å²) in [5.74, 6) is 0.0724. The highest BCUT2D eigenvalue weighted by atomic mass is 16.5. The second kappa shape index (κ2) is 14.8. The lowest BCUT2D eigenvalue weighted by Gasteiger charge is -2.09. The molecule has 0 aliphatic heterocycles. The lowest BCUT2D eigenvalue weighted by Crippen LogP contribution is -2.27. The van der Waals surface area contributed by atoms with Crippen LogP contribution in [-0.2, 0) is 14.3 Å². The van der Waals surface area contributed by atoms with Gasteiger partial charge in [-0.3, -0.25) is 4.79 Å². The van der Waals surface area contributed by atoms with Crippen LogP contribution in [-0.4, -0.2) is 51.5 Å². The Kier molecular flexibility index (Phi) is 14.3. The number of hydrogen-bond acceptors (Lipinski definition) is 4. The summed E-state index contributed by atoms with van der Waals surface area (Å²) in [6.45, 7) is 10.3. The standard InChI is InChI=1S/C15H32N2O3/c1-4-5-6-8-17-15(18)7-10-19-12-13-20-11-9-16-14(2)3/h14,16H,4-13H2,1-3H3,(H,17,18). The number of unbranched alkanes of at least 4 members (excludes halogenated alkanes) is 2. The molecule has 0 fully saturated rings. The van der Waals surface area contributed by atoms with Crippen molar-refractivity contribution in [2.45, 2.75) is 52.5 Å². The average molecular weight is 288 g/mol. The molecule has 0 radical (unpaired) electrons. The van der Waals surface area contributed by atoms with E-state index in [1.165, 1.54) is 12.8 Å². The maximum atomic E-state index is 11.4. The zero-order chi connectivity index (χ0) is 15.1. The number of hydrogen-bond donors (Lipinski definition) is 2. The van der Waals surface area contributed by atoms with E-state index in [-0.39, 0.29) is 5.91 Å². The van der Waals surface area contributed by atoms with E-state index in [1.54, 1.807) is 0 Å². The maximum Gasteiger partial charge on any atom is 0.222 e. The Morgan fingerprint density at radius 2 is 1.70 bits per heavy atom. The molecule has 2 N–H and O–H groups in total. The van der Waals surface area contributed by atoms with Gasteiger partial charge in [0.25, 0.3) is 0 Å². The van der Waals surface area contributed by atoms with Gasteiger partial charge in [0, 0.05) is 25.6 Å². The highest BCUT2D eigenvalue weighted by Gasteiger charge is 2.00. The number of ether oxygens (including phenoxy) is 2. The van der Waals surface area contributed by atoms with Crippen LogP contribution in [0.2, 0.25) is 0 Å². The molecule has 0 heterocycles. The molecule has 0 aromatic heterocycles. The van der Waals surface area contributed by atoms with E-state index in [1.807, 2.05) is 0 Å². The summed E-state index contributed by atoms with van der Waals surface area (Å²) < 4.78 is 10.7. The molecule has 0 aromatic carbocycles. The molecule has 0 atom stereocenters. The molecule has 0 spiro atoms. The number of carbonyl (C=O) groups is 1. The molecule has 5 heteroatoms. The predicted molar refractivity (Wildman–Crippen MR) is 81.9 cm³/mol. The fourth-order valence-electron chi connectivity index (χ4n) is 1.60. The van der Waals surface area contributed by atoms with Gasteiger partial charge in [-0.1, -0.05) is 33.6 Å². The van der Waals surface area contributed by atoms with Gasteiger partial charge in [-0.15, -0.1) is 0 Å². The van der Waals surface area contributed by atoms with Gasteiger partial charge < -0.3 is 20.1 Å². The van der Waals surface area contributed by atoms with Crippen LogP contribution in [0.1, 0.15) is 46.5 Å². The highest BCUT2D eigenvalue weighted by molar-refractivity contribution is 5.75. The minimum absolute atomic E-state index is 0.0724. The minimum atomic E-state index is 0.0724. The molecule has 120 valence electrons. The molecular weight excluding hydrogens is 256 g/mol. The van der Waals surface area contributed by atoms with Gasteiger partial charge in [0.2, 0.25) is 5.91 Å². The molecule has 1 amide bonds. The first kappa shape index (κ1) is 19.4. The molecule has 20 heavy (non-hydrogen) atoms. The van der Waals surface area contributed by atoms with Crippen molar-refractivity contribution >= 4 is 5.91 Å². The van der Waals surface area contributed by atoms with E-state index in [9.17, 15) is 4.79 Å². The first-order valence-corrected chi connectivity index (χ1v) is 7.82. The van der Waals surface area contributed by atoms with E-state index in [0.29, 0.717) is 38.9 Å². The first-order chi connectivity index (χ1) is 9.66. The fraction of sp³-hybridized carbons (Fsp3) is 0.933. The van der Waals surface area contributed by atoms with Gasteiger partial charge in [0.15, 0.2) is 0 Å².